The van der Waals surface area contributed by atoms with E-state index in [2.05, 4.69) is 9.97 Å². The Balaban J connectivity index is 1.68. The van der Waals surface area contributed by atoms with Gasteiger partial charge in [-0.15, -0.1) is 11.3 Å². The van der Waals surface area contributed by atoms with Crippen LogP contribution in [0.4, 0.5) is 8.78 Å². The SMILES string of the molecule is O=c1c2ncsc2nc(C2C[C@@H]3[C@H](C2)C3(F)F)n1-c1ccc(Cl)cc1. The summed E-state index contributed by atoms with van der Waals surface area (Å²) in [5.74, 6) is -3.30. The molecule has 2 aliphatic rings. The maximum Gasteiger partial charge on any atom is 0.285 e. The van der Waals surface area contributed by atoms with Gasteiger partial charge in [0.1, 0.15) is 5.82 Å². The first kappa shape index (κ1) is 15.4. The zero-order chi connectivity index (χ0) is 17.3. The zero-order valence-electron chi connectivity index (χ0n) is 12.8. The van der Waals surface area contributed by atoms with Gasteiger partial charge in [-0.25, -0.2) is 18.7 Å². The second kappa shape index (κ2) is 5.08. The van der Waals surface area contributed by atoms with Crippen LogP contribution in [-0.4, -0.2) is 20.5 Å². The highest BCUT2D eigenvalue weighted by atomic mass is 35.5. The molecule has 1 unspecified atom stereocenters. The minimum atomic E-state index is -2.55. The van der Waals surface area contributed by atoms with Crippen molar-refractivity contribution < 1.29 is 8.78 Å². The zero-order valence-corrected chi connectivity index (χ0v) is 14.4. The molecule has 3 atom stereocenters. The summed E-state index contributed by atoms with van der Waals surface area (Å²) in [5, 5.41) is 0.558. The van der Waals surface area contributed by atoms with Crippen molar-refractivity contribution in [3.05, 3.63) is 51.0 Å². The molecule has 2 aromatic heterocycles. The Kier molecular flexibility index (Phi) is 3.13. The fourth-order valence-corrected chi connectivity index (χ4v) is 4.75. The van der Waals surface area contributed by atoms with Crippen molar-refractivity contribution in [1.82, 2.24) is 14.5 Å². The van der Waals surface area contributed by atoms with E-state index in [0.717, 1.165) is 0 Å². The van der Waals surface area contributed by atoms with E-state index in [1.807, 2.05) is 0 Å². The van der Waals surface area contributed by atoms with E-state index in [0.29, 0.717) is 39.7 Å². The number of alkyl halides is 2. The molecule has 0 N–H and O–H groups in total. The minimum Gasteiger partial charge on any atom is -0.266 e. The molecule has 2 fully saturated rings. The number of rotatable bonds is 2. The number of nitrogens with zero attached hydrogens (tertiary/aromatic N) is 3. The second-order valence-electron chi connectivity index (χ2n) is 6.65. The van der Waals surface area contributed by atoms with E-state index in [4.69, 9.17) is 11.6 Å². The van der Waals surface area contributed by atoms with Crippen LogP contribution < -0.4 is 5.56 Å². The molecule has 3 aromatic rings. The van der Waals surface area contributed by atoms with E-state index in [-0.39, 0.29) is 11.5 Å². The average molecular weight is 380 g/mol. The number of hydrogen-bond acceptors (Lipinski definition) is 4. The Labute approximate surface area is 150 Å². The van der Waals surface area contributed by atoms with Crippen LogP contribution in [0.2, 0.25) is 5.02 Å². The summed E-state index contributed by atoms with van der Waals surface area (Å²) < 4.78 is 28.6. The van der Waals surface area contributed by atoms with Gasteiger partial charge in [-0.1, -0.05) is 11.6 Å². The van der Waals surface area contributed by atoms with Crippen molar-refractivity contribution in [3.8, 4) is 5.69 Å². The molecule has 5 rings (SSSR count). The normalized spacial score (nSPS) is 26.8. The fraction of sp³-hybridized carbons (Fsp3) is 0.353. The summed E-state index contributed by atoms with van der Waals surface area (Å²) >= 11 is 7.23. The van der Waals surface area contributed by atoms with Crippen LogP contribution in [0.1, 0.15) is 24.6 Å². The van der Waals surface area contributed by atoms with Gasteiger partial charge in [0.15, 0.2) is 10.3 Å². The number of benzene rings is 1. The third-order valence-electron chi connectivity index (χ3n) is 5.29. The summed E-state index contributed by atoms with van der Waals surface area (Å²) in [7, 11) is 0. The minimum absolute atomic E-state index is 0.149. The lowest BCUT2D eigenvalue weighted by molar-refractivity contribution is 0.0689. The summed E-state index contributed by atoms with van der Waals surface area (Å²) in [6, 6.07) is 6.85. The Morgan fingerprint density at radius 3 is 2.56 bits per heavy atom. The lowest BCUT2D eigenvalue weighted by Crippen LogP contribution is -2.26. The monoisotopic (exact) mass is 379 g/mol. The molecule has 0 aliphatic heterocycles. The summed E-state index contributed by atoms with van der Waals surface area (Å²) in [4.78, 5) is 22.2. The van der Waals surface area contributed by atoms with Gasteiger partial charge in [0.25, 0.3) is 11.5 Å². The number of hydrogen-bond donors (Lipinski definition) is 0. The summed E-state index contributed by atoms with van der Waals surface area (Å²) in [6.07, 6.45) is 0.726. The highest BCUT2D eigenvalue weighted by molar-refractivity contribution is 7.16. The van der Waals surface area contributed by atoms with Gasteiger partial charge in [-0.05, 0) is 37.1 Å². The number of aromatic nitrogens is 3. The Hall–Kier alpha value is -1.86. The molecule has 2 aliphatic carbocycles. The maximum absolute atomic E-state index is 13.6. The largest absolute Gasteiger partial charge is 0.285 e. The van der Waals surface area contributed by atoms with Crippen molar-refractivity contribution in [3.63, 3.8) is 0 Å². The average Bonchev–Trinajstić information content (AvgIpc) is 3.04. The lowest BCUT2D eigenvalue weighted by Gasteiger charge is -2.19. The first-order chi connectivity index (χ1) is 12.0. The molecule has 128 valence electrons. The quantitative estimate of drug-likeness (QED) is 0.668. The van der Waals surface area contributed by atoms with E-state index in [1.54, 1.807) is 29.8 Å². The molecular formula is C17H12ClF2N3OS. The van der Waals surface area contributed by atoms with Crippen LogP contribution in [0.5, 0.6) is 0 Å². The van der Waals surface area contributed by atoms with Gasteiger partial charge in [-0.3, -0.25) is 9.36 Å². The topological polar surface area (TPSA) is 47.8 Å². The summed E-state index contributed by atoms with van der Waals surface area (Å²) in [5.41, 5.74) is 2.24. The first-order valence-corrected chi connectivity index (χ1v) is 9.22. The van der Waals surface area contributed by atoms with Crippen molar-refractivity contribution in [2.75, 3.05) is 0 Å². The fourth-order valence-electron chi connectivity index (χ4n) is 3.97. The standard InChI is InChI=1S/C17H12ClF2N3OS/c18-9-1-3-10(4-2-9)23-14(8-5-11-12(6-8)17(11,19)20)22-15-13(16(23)24)21-7-25-15/h1-4,7-8,11-12H,5-6H2/t8?,11-,12+. The van der Waals surface area contributed by atoms with Crippen LogP contribution in [0, 0.1) is 11.8 Å². The summed E-state index contributed by atoms with van der Waals surface area (Å²) in [6.45, 7) is 0. The molecule has 2 heterocycles. The highest BCUT2D eigenvalue weighted by Gasteiger charge is 2.71. The van der Waals surface area contributed by atoms with Gasteiger partial charge in [0.05, 0.1) is 11.2 Å². The van der Waals surface area contributed by atoms with Crippen molar-refractivity contribution in [2.45, 2.75) is 24.7 Å². The van der Waals surface area contributed by atoms with Crippen LogP contribution in [0.3, 0.4) is 0 Å². The maximum atomic E-state index is 13.6. The van der Waals surface area contributed by atoms with Crippen molar-refractivity contribution in [2.24, 2.45) is 11.8 Å². The van der Waals surface area contributed by atoms with E-state index in [1.165, 1.54) is 15.9 Å². The Morgan fingerprint density at radius 1 is 1.20 bits per heavy atom. The van der Waals surface area contributed by atoms with Gasteiger partial charge in [0.2, 0.25) is 0 Å². The van der Waals surface area contributed by atoms with E-state index in [9.17, 15) is 13.6 Å². The van der Waals surface area contributed by atoms with Gasteiger partial charge >= 0.3 is 0 Å². The molecule has 8 heteroatoms. The van der Waals surface area contributed by atoms with E-state index >= 15 is 0 Å². The third-order valence-corrected chi connectivity index (χ3v) is 6.26. The Morgan fingerprint density at radius 2 is 1.88 bits per heavy atom. The van der Waals surface area contributed by atoms with Crippen LogP contribution >= 0.6 is 22.9 Å². The highest BCUT2D eigenvalue weighted by Crippen LogP contribution is 2.67. The van der Waals surface area contributed by atoms with Gasteiger partial charge in [-0.2, -0.15) is 0 Å². The van der Waals surface area contributed by atoms with Gasteiger partial charge < -0.3 is 0 Å². The molecular weight excluding hydrogens is 368 g/mol. The molecule has 0 radical (unpaired) electrons. The Bertz CT molecular complexity index is 1030. The molecule has 0 saturated heterocycles. The second-order valence-corrected chi connectivity index (χ2v) is 7.92. The number of halogens is 3. The number of thiazole rings is 1. The smallest absolute Gasteiger partial charge is 0.266 e. The molecule has 0 bridgehead atoms. The van der Waals surface area contributed by atoms with Crippen LogP contribution in [0.15, 0.2) is 34.6 Å². The molecule has 1 aromatic carbocycles. The van der Waals surface area contributed by atoms with Gasteiger partial charge in [0, 0.05) is 22.8 Å². The van der Waals surface area contributed by atoms with Crippen molar-refractivity contribution in [1.29, 1.82) is 0 Å². The van der Waals surface area contributed by atoms with Crippen molar-refractivity contribution >= 4 is 33.3 Å². The predicted molar refractivity (Wildman–Crippen MR) is 91.9 cm³/mol. The van der Waals surface area contributed by atoms with E-state index < -0.39 is 17.8 Å². The molecule has 25 heavy (non-hydrogen) atoms. The lowest BCUT2D eigenvalue weighted by atomic mass is 10.0. The number of fused-ring (bicyclic) bond motifs is 2. The first-order valence-electron chi connectivity index (χ1n) is 7.96. The third kappa shape index (κ3) is 2.18. The molecule has 2 saturated carbocycles. The predicted octanol–water partition coefficient (Wildman–Crippen LogP) is 4.25. The molecule has 4 nitrogen and oxygen atoms in total. The molecule has 0 amide bonds. The van der Waals surface area contributed by atoms with Crippen LogP contribution in [0.25, 0.3) is 16.0 Å². The van der Waals surface area contributed by atoms with Crippen LogP contribution in [-0.2, 0) is 0 Å². The molecule has 0 spiro atoms.